The molecule has 0 unspecified atom stereocenters. The molecule has 14 heavy (non-hydrogen) atoms. The van der Waals surface area contributed by atoms with Gasteiger partial charge in [-0.2, -0.15) is 0 Å². The molecule has 0 atom stereocenters. The van der Waals surface area contributed by atoms with Crippen LogP contribution in [0.15, 0.2) is 30.3 Å². The summed E-state index contributed by atoms with van der Waals surface area (Å²) in [5.41, 5.74) is 5.66. The highest BCUT2D eigenvalue weighted by atomic mass is 16.5. The van der Waals surface area contributed by atoms with E-state index in [-0.39, 0.29) is 0 Å². The number of primary amides is 1. The Hall–Kier alpha value is -2.10. The topological polar surface area (TPSA) is 69.4 Å². The quantitative estimate of drug-likeness (QED) is 0.579. The first kappa shape index (κ1) is 9.98. The molecule has 0 fully saturated rings. The van der Waals surface area contributed by atoms with Crippen molar-refractivity contribution in [2.24, 2.45) is 5.73 Å². The lowest BCUT2D eigenvalue weighted by Crippen LogP contribution is -2.16. The van der Waals surface area contributed by atoms with Gasteiger partial charge in [0.15, 0.2) is 0 Å². The minimum absolute atomic E-state index is 0.376. The van der Waals surface area contributed by atoms with Gasteiger partial charge < -0.3 is 10.5 Å². The van der Waals surface area contributed by atoms with Gasteiger partial charge in [-0.1, -0.05) is 18.2 Å². The normalized spacial score (nSPS) is 10.0. The van der Waals surface area contributed by atoms with E-state index in [9.17, 15) is 9.59 Å². The average molecular weight is 191 g/mol. The van der Waals surface area contributed by atoms with E-state index in [0.29, 0.717) is 12.0 Å². The van der Waals surface area contributed by atoms with Gasteiger partial charge in [-0.3, -0.25) is 4.79 Å². The summed E-state index contributed by atoms with van der Waals surface area (Å²) in [6.07, 6.45) is 2.86. The molecule has 2 N–H and O–H groups in total. The second-order valence-corrected chi connectivity index (χ2v) is 2.49. The molecule has 1 aromatic carbocycles. The first-order chi connectivity index (χ1) is 6.72. The number of benzene rings is 1. The first-order valence-electron chi connectivity index (χ1n) is 3.91. The number of nitrogens with two attached hydrogens (primary N) is 1. The number of rotatable bonds is 3. The Labute approximate surface area is 81.0 Å². The lowest BCUT2D eigenvalue weighted by atomic mass is 10.2. The predicted octanol–water partition coefficient (Wildman–Crippen LogP) is 1.36. The molecule has 4 heteroatoms. The third-order valence-electron chi connectivity index (χ3n) is 1.47. The summed E-state index contributed by atoms with van der Waals surface area (Å²) in [5, 5.41) is 0. The Morgan fingerprint density at radius 3 is 2.43 bits per heavy atom. The molecule has 1 aromatic rings. The van der Waals surface area contributed by atoms with Crippen LogP contribution in [-0.4, -0.2) is 12.4 Å². The maximum Gasteiger partial charge on any atom is 0.409 e. The van der Waals surface area contributed by atoms with E-state index in [4.69, 9.17) is 5.73 Å². The number of allylic oxidation sites excluding steroid dienone is 1. The van der Waals surface area contributed by atoms with Gasteiger partial charge in [0.1, 0.15) is 12.0 Å². The number of amides is 1. The highest BCUT2D eigenvalue weighted by Gasteiger charge is 1.96. The van der Waals surface area contributed by atoms with Gasteiger partial charge in [-0.15, -0.1) is 0 Å². The van der Waals surface area contributed by atoms with Crippen molar-refractivity contribution >= 4 is 18.5 Å². The van der Waals surface area contributed by atoms with Crippen LogP contribution in [0.25, 0.3) is 6.08 Å². The Balaban J connectivity index is 2.73. The van der Waals surface area contributed by atoms with Gasteiger partial charge in [-0.25, -0.2) is 4.79 Å². The lowest BCUT2D eigenvalue weighted by Gasteiger charge is -1.99. The zero-order chi connectivity index (χ0) is 10.4. The molecule has 0 aliphatic carbocycles. The van der Waals surface area contributed by atoms with Crippen LogP contribution in [0, 0.1) is 0 Å². The zero-order valence-electron chi connectivity index (χ0n) is 7.34. The van der Waals surface area contributed by atoms with Crippen LogP contribution in [0.2, 0.25) is 0 Å². The van der Waals surface area contributed by atoms with E-state index in [0.717, 1.165) is 5.56 Å². The molecular weight excluding hydrogens is 182 g/mol. The zero-order valence-corrected chi connectivity index (χ0v) is 7.34. The number of aldehydes is 1. The van der Waals surface area contributed by atoms with Crippen molar-refractivity contribution in [3.63, 3.8) is 0 Å². The van der Waals surface area contributed by atoms with Gasteiger partial charge in [0.2, 0.25) is 0 Å². The Bertz CT molecular complexity index is 354. The highest BCUT2D eigenvalue weighted by molar-refractivity contribution is 5.74. The number of ether oxygens (including phenoxy) is 1. The summed E-state index contributed by atoms with van der Waals surface area (Å²) in [4.78, 5) is 20.4. The van der Waals surface area contributed by atoms with Crippen molar-refractivity contribution in [3.8, 4) is 5.75 Å². The van der Waals surface area contributed by atoms with Crippen molar-refractivity contribution in [2.45, 2.75) is 0 Å². The van der Waals surface area contributed by atoms with Crippen LogP contribution in [0.1, 0.15) is 5.56 Å². The van der Waals surface area contributed by atoms with E-state index in [1.165, 1.54) is 6.08 Å². The van der Waals surface area contributed by atoms with E-state index in [1.807, 2.05) is 0 Å². The molecule has 4 nitrogen and oxygen atoms in total. The second kappa shape index (κ2) is 4.81. The third kappa shape index (κ3) is 3.10. The molecule has 0 aromatic heterocycles. The van der Waals surface area contributed by atoms with Crippen LogP contribution < -0.4 is 10.5 Å². The van der Waals surface area contributed by atoms with Crippen LogP contribution in [0.5, 0.6) is 5.75 Å². The monoisotopic (exact) mass is 191 g/mol. The van der Waals surface area contributed by atoms with E-state index in [1.54, 1.807) is 30.3 Å². The van der Waals surface area contributed by atoms with Crippen molar-refractivity contribution in [1.29, 1.82) is 0 Å². The largest absolute Gasteiger partial charge is 0.411 e. The van der Waals surface area contributed by atoms with Crippen molar-refractivity contribution in [3.05, 3.63) is 35.9 Å². The molecule has 0 saturated heterocycles. The van der Waals surface area contributed by atoms with Crippen LogP contribution in [0.3, 0.4) is 0 Å². The summed E-state index contributed by atoms with van der Waals surface area (Å²) in [6, 6.07) is 6.60. The first-order valence-corrected chi connectivity index (χ1v) is 3.91. The molecule has 0 heterocycles. The second-order valence-electron chi connectivity index (χ2n) is 2.49. The number of hydrogen-bond donors (Lipinski definition) is 1. The van der Waals surface area contributed by atoms with E-state index in [2.05, 4.69) is 4.74 Å². The van der Waals surface area contributed by atoms with Gasteiger partial charge in [-0.05, 0) is 23.8 Å². The summed E-state index contributed by atoms with van der Waals surface area (Å²) in [5.74, 6) is 0.376. The molecular formula is C10H9NO3. The van der Waals surface area contributed by atoms with Gasteiger partial charge in [0, 0.05) is 0 Å². The maximum atomic E-state index is 10.4. The average Bonchev–Trinajstić information content (AvgIpc) is 2.16. The fraction of sp³-hybridized carbons (Fsp3) is 0. The fourth-order valence-corrected chi connectivity index (χ4v) is 0.914. The Morgan fingerprint density at radius 2 is 1.93 bits per heavy atom. The molecule has 0 bridgehead atoms. The molecule has 0 aliphatic heterocycles. The summed E-state index contributed by atoms with van der Waals surface area (Å²) in [7, 11) is 0. The molecule has 1 rings (SSSR count). The van der Waals surface area contributed by atoms with Crippen molar-refractivity contribution in [1.82, 2.24) is 0 Å². The molecule has 0 saturated carbocycles. The molecule has 1 amide bonds. The lowest BCUT2D eigenvalue weighted by molar-refractivity contribution is -0.104. The minimum atomic E-state index is -0.846. The van der Waals surface area contributed by atoms with Gasteiger partial charge >= 0.3 is 6.09 Å². The van der Waals surface area contributed by atoms with Crippen molar-refractivity contribution in [2.75, 3.05) is 0 Å². The predicted molar refractivity (Wildman–Crippen MR) is 51.8 cm³/mol. The van der Waals surface area contributed by atoms with Gasteiger partial charge in [0.25, 0.3) is 0 Å². The fourth-order valence-electron chi connectivity index (χ4n) is 0.914. The number of carbonyl (C=O) groups excluding carboxylic acids is 2. The number of hydrogen-bond acceptors (Lipinski definition) is 3. The minimum Gasteiger partial charge on any atom is -0.411 e. The highest BCUT2D eigenvalue weighted by Crippen LogP contribution is 2.12. The summed E-state index contributed by atoms with van der Waals surface area (Å²) >= 11 is 0. The Kier molecular flexibility index (Phi) is 3.43. The van der Waals surface area contributed by atoms with Gasteiger partial charge in [0.05, 0.1) is 0 Å². The molecule has 0 spiro atoms. The standard InChI is InChI=1S/C10H9NO3/c11-10(13)14-9-5-3-8(4-6-9)2-1-7-12/h1-7H,(H2,11,13). The van der Waals surface area contributed by atoms with Crippen molar-refractivity contribution < 1.29 is 14.3 Å². The molecule has 72 valence electrons. The van der Waals surface area contributed by atoms with E-state index < -0.39 is 6.09 Å². The van der Waals surface area contributed by atoms with Crippen LogP contribution in [-0.2, 0) is 4.79 Å². The molecule has 0 aliphatic rings. The van der Waals surface area contributed by atoms with Crippen LogP contribution >= 0.6 is 0 Å². The van der Waals surface area contributed by atoms with E-state index >= 15 is 0 Å². The third-order valence-corrected chi connectivity index (χ3v) is 1.47. The molecule has 0 radical (unpaired) electrons. The van der Waals surface area contributed by atoms with Crippen LogP contribution in [0.4, 0.5) is 4.79 Å². The summed E-state index contributed by atoms with van der Waals surface area (Å²) < 4.78 is 4.62. The maximum absolute atomic E-state index is 10.4. The summed E-state index contributed by atoms with van der Waals surface area (Å²) in [6.45, 7) is 0. The number of carbonyl (C=O) groups is 2. The Morgan fingerprint density at radius 1 is 1.29 bits per heavy atom. The SMILES string of the molecule is NC(=O)Oc1ccc(C=CC=O)cc1. The smallest absolute Gasteiger partial charge is 0.409 e.